The Morgan fingerprint density at radius 3 is 2.42 bits per heavy atom. The molecule has 0 spiro atoms. The van der Waals surface area contributed by atoms with Crippen LogP contribution in [-0.2, 0) is 11.3 Å². The Bertz CT molecular complexity index is 537. The van der Waals surface area contributed by atoms with Gasteiger partial charge < -0.3 is 5.11 Å². The SMILES string of the molecule is CCC(O)CN1CCN(Cc2ccc(C=CC(=O)NO)cc2)CC1. The number of nitrogens with zero attached hydrogens (tertiary/aromatic N) is 2. The predicted octanol–water partition coefficient (Wildman–Crippen LogP) is 1.09. The van der Waals surface area contributed by atoms with Gasteiger partial charge in [-0.25, -0.2) is 5.48 Å². The molecule has 6 heteroatoms. The van der Waals surface area contributed by atoms with Crippen LogP contribution in [0.25, 0.3) is 6.08 Å². The molecule has 1 aliphatic rings. The number of β-amino-alcohol motifs (C(OH)–C–C–N with tert-alkyl or cyclic N) is 1. The number of hydroxylamine groups is 1. The van der Waals surface area contributed by atoms with Crippen LogP contribution in [0, 0.1) is 0 Å². The highest BCUT2D eigenvalue weighted by Gasteiger charge is 2.18. The lowest BCUT2D eigenvalue weighted by atomic mass is 10.1. The molecule has 0 aliphatic carbocycles. The van der Waals surface area contributed by atoms with Crippen molar-refractivity contribution in [1.29, 1.82) is 0 Å². The zero-order chi connectivity index (χ0) is 17.4. The number of hydrogen-bond acceptors (Lipinski definition) is 5. The van der Waals surface area contributed by atoms with Crippen LogP contribution in [0.2, 0.25) is 0 Å². The minimum atomic E-state index is -0.537. The molecule has 1 heterocycles. The van der Waals surface area contributed by atoms with E-state index in [1.165, 1.54) is 11.6 Å². The van der Waals surface area contributed by atoms with Gasteiger partial charge in [-0.1, -0.05) is 31.2 Å². The number of aliphatic hydroxyl groups is 1. The Morgan fingerprint density at radius 1 is 1.21 bits per heavy atom. The summed E-state index contributed by atoms with van der Waals surface area (Å²) in [6.45, 7) is 7.69. The van der Waals surface area contributed by atoms with Crippen LogP contribution in [0.3, 0.4) is 0 Å². The third kappa shape index (κ3) is 6.05. The lowest BCUT2D eigenvalue weighted by Gasteiger charge is -2.35. The minimum Gasteiger partial charge on any atom is -0.392 e. The average molecular weight is 333 g/mol. The van der Waals surface area contributed by atoms with E-state index in [2.05, 4.69) is 21.9 Å². The van der Waals surface area contributed by atoms with E-state index in [1.807, 2.05) is 19.1 Å². The Kier molecular flexibility index (Phi) is 7.39. The first-order valence-corrected chi connectivity index (χ1v) is 8.44. The van der Waals surface area contributed by atoms with Gasteiger partial charge in [-0.05, 0) is 23.6 Å². The summed E-state index contributed by atoms with van der Waals surface area (Å²) in [4.78, 5) is 15.7. The van der Waals surface area contributed by atoms with Gasteiger partial charge in [0.05, 0.1) is 6.10 Å². The molecule has 24 heavy (non-hydrogen) atoms. The van der Waals surface area contributed by atoms with Gasteiger partial charge in [0.15, 0.2) is 0 Å². The lowest BCUT2D eigenvalue weighted by molar-refractivity contribution is -0.124. The first kappa shape index (κ1) is 18.6. The third-order valence-electron chi connectivity index (χ3n) is 4.33. The van der Waals surface area contributed by atoms with Crippen molar-refractivity contribution in [2.24, 2.45) is 0 Å². The molecule has 1 aliphatic heterocycles. The van der Waals surface area contributed by atoms with Gasteiger partial charge >= 0.3 is 0 Å². The van der Waals surface area contributed by atoms with E-state index in [4.69, 9.17) is 5.21 Å². The molecule has 1 saturated heterocycles. The number of aliphatic hydroxyl groups excluding tert-OH is 1. The first-order valence-electron chi connectivity index (χ1n) is 8.44. The van der Waals surface area contributed by atoms with Gasteiger partial charge in [0.2, 0.25) is 0 Å². The molecular weight excluding hydrogens is 306 g/mol. The normalized spacial score (nSPS) is 18.0. The third-order valence-corrected chi connectivity index (χ3v) is 4.33. The van der Waals surface area contributed by atoms with Crippen molar-refractivity contribution in [1.82, 2.24) is 15.3 Å². The number of carbonyl (C=O) groups excluding carboxylic acids is 1. The highest BCUT2D eigenvalue weighted by atomic mass is 16.5. The second-order valence-corrected chi connectivity index (χ2v) is 6.19. The maximum atomic E-state index is 11.0. The maximum Gasteiger partial charge on any atom is 0.267 e. The summed E-state index contributed by atoms with van der Waals surface area (Å²) < 4.78 is 0. The largest absolute Gasteiger partial charge is 0.392 e. The van der Waals surface area contributed by atoms with Crippen LogP contribution >= 0.6 is 0 Å². The molecule has 1 atom stereocenters. The molecule has 0 bridgehead atoms. The van der Waals surface area contributed by atoms with Crippen LogP contribution in [-0.4, -0.2) is 64.8 Å². The van der Waals surface area contributed by atoms with Crippen molar-refractivity contribution in [2.75, 3.05) is 32.7 Å². The van der Waals surface area contributed by atoms with Crippen molar-refractivity contribution in [3.8, 4) is 0 Å². The monoisotopic (exact) mass is 333 g/mol. The number of piperazine rings is 1. The number of nitrogens with one attached hydrogen (secondary N) is 1. The van der Waals surface area contributed by atoms with E-state index < -0.39 is 5.91 Å². The van der Waals surface area contributed by atoms with E-state index in [-0.39, 0.29) is 6.10 Å². The average Bonchev–Trinajstić information content (AvgIpc) is 2.62. The van der Waals surface area contributed by atoms with E-state index in [0.29, 0.717) is 0 Å². The zero-order valence-corrected chi connectivity index (χ0v) is 14.2. The van der Waals surface area contributed by atoms with Gasteiger partial charge in [-0.15, -0.1) is 0 Å². The lowest BCUT2D eigenvalue weighted by Crippen LogP contribution is -2.48. The Hall–Kier alpha value is -1.73. The number of benzene rings is 1. The number of amides is 1. The maximum absolute atomic E-state index is 11.0. The van der Waals surface area contributed by atoms with Crippen molar-refractivity contribution < 1.29 is 15.1 Å². The number of hydrogen-bond donors (Lipinski definition) is 3. The molecule has 0 radical (unpaired) electrons. The summed E-state index contributed by atoms with van der Waals surface area (Å²) >= 11 is 0. The summed E-state index contributed by atoms with van der Waals surface area (Å²) in [5.41, 5.74) is 3.72. The summed E-state index contributed by atoms with van der Waals surface area (Å²) in [6, 6.07) is 8.04. The van der Waals surface area contributed by atoms with Crippen LogP contribution in [0.5, 0.6) is 0 Å². The molecule has 1 fully saturated rings. The molecule has 1 unspecified atom stereocenters. The van der Waals surface area contributed by atoms with Crippen molar-refractivity contribution in [3.63, 3.8) is 0 Å². The van der Waals surface area contributed by atoms with Gasteiger partial charge in [-0.2, -0.15) is 0 Å². The van der Waals surface area contributed by atoms with Crippen LogP contribution < -0.4 is 5.48 Å². The minimum absolute atomic E-state index is 0.218. The fraction of sp³-hybridized carbons (Fsp3) is 0.500. The van der Waals surface area contributed by atoms with Gasteiger partial charge in [0.25, 0.3) is 5.91 Å². The predicted molar refractivity (Wildman–Crippen MR) is 93.4 cm³/mol. The second kappa shape index (κ2) is 9.54. The van der Waals surface area contributed by atoms with Crippen LogP contribution in [0.15, 0.2) is 30.3 Å². The molecule has 1 aromatic carbocycles. The quantitative estimate of drug-likeness (QED) is 0.396. The molecule has 1 aromatic rings. The standard InChI is InChI=1S/C18H27N3O3/c1-2-17(22)14-21-11-9-20(10-12-21)13-16-5-3-15(4-6-16)7-8-18(23)19-24/h3-8,17,22,24H,2,9-14H2,1H3,(H,19,23). The first-order chi connectivity index (χ1) is 11.6. The fourth-order valence-electron chi connectivity index (χ4n) is 2.76. The summed E-state index contributed by atoms with van der Waals surface area (Å²) in [5.74, 6) is -0.537. The molecule has 1 amide bonds. The number of carbonyl (C=O) groups is 1. The molecule has 3 N–H and O–H groups in total. The van der Waals surface area contributed by atoms with Gasteiger partial charge in [-0.3, -0.25) is 19.8 Å². The van der Waals surface area contributed by atoms with Crippen molar-refractivity contribution in [2.45, 2.75) is 26.0 Å². The van der Waals surface area contributed by atoms with Gasteiger partial charge in [0, 0.05) is 45.3 Å². The molecule has 132 valence electrons. The van der Waals surface area contributed by atoms with Crippen LogP contribution in [0.1, 0.15) is 24.5 Å². The summed E-state index contributed by atoms with van der Waals surface area (Å²) in [7, 11) is 0. The molecule has 0 saturated carbocycles. The Morgan fingerprint density at radius 2 is 1.83 bits per heavy atom. The zero-order valence-electron chi connectivity index (χ0n) is 14.2. The highest BCUT2D eigenvalue weighted by molar-refractivity contribution is 5.90. The Balaban J connectivity index is 1.78. The van der Waals surface area contributed by atoms with Crippen molar-refractivity contribution >= 4 is 12.0 Å². The van der Waals surface area contributed by atoms with Crippen molar-refractivity contribution in [3.05, 3.63) is 41.5 Å². The summed E-state index contributed by atoms with van der Waals surface area (Å²) in [5, 5.41) is 18.2. The fourth-order valence-corrected chi connectivity index (χ4v) is 2.76. The Labute approximate surface area is 143 Å². The number of rotatable bonds is 7. The second-order valence-electron chi connectivity index (χ2n) is 6.19. The molecule has 0 aromatic heterocycles. The van der Waals surface area contributed by atoms with E-state index in [9.17, 15) is 9.90 Å². The molecule has 6 nitrogen and oxygen atoms in total. The highest BCUT2D eigenvalue weighted by Crippen LogP contribution is 2.11. The van der Waals surface area contributed by atoms with E-state index >= 15 is 0 Å². The molecular formula is C18H27N3O3. The smallest absolute Gasteiger partial charge is 0.267 e. The molecule has 2 rings (SSSR count). The summed E-state index contributed by atoms with van der Waals surface area (Å²) in [6.07, 6.45) is 3.54. The van der Waals surface area contributed by atoms with E-state index in [1.54, 1.807) is 11.6 Å². The van der Waals surface area contributed by atoms with E-state index in [0.717, 1.165) is 51.3 Å². The topological polar surface area (TPSA) is 76.0 Å². The van der Waals surface area contributed by atoms with Gasteiger partial charge in [0.1, 0.15) is 0 Å². The van der Waals surface area contributed by atoms with Crippen LogP contribution in [0.4, 0.5) is 0 Å².